The predicted molar refractivity (Wildman–Crippen MR) is 77.5 cm³/mol. The van der Waals surface area contributed by atoms with Crippen LogP contribution in [0.4, 0.5) is 13.2 Å². The lowest BCUT2D eigenvalue weighted by atomic mass is 9.80. The molecule has 1 saturated carbocycles. The monoisotopic (exact) mass is 317 g/mol. The second-order valence-electron chi connectivity index (χ2n) is 5.87. The van der Waals surface area contributed by atoms with Gasteiger partial charge in [0.05, 0.1) is 24.8 Å². The molecule has 0 amide bonds. The van der Waals surface area contributed by atoms with Gasteiger partial charge in [-0.2, -0.15) is 13.2 Å². The Morgan fingerprint density at radius 1 is 1.23 bits per heavy atom. The van der Waals surface area contributed by atoms with E-state index in [9.17, 15) is 18.3 Å². The SMILES string of the molecule is COc1ccc([C@@H](N)[C@@H](O)C2CCCCC2)c(C(F)(F)F)c1. The lowest BCUT2D eigenvalue weighted by Crippen LogP contribution is -2.35. The molecule has 1 aliphatic carbocycles. The van der Waals surface area contributed by atoms with Crippen molar-refractivity contribution in [2.75, 3.05) is 7.11 Å². The molecule has 1 aromatic rings. The molecule has 22 heavy (non-hydrogen) atoms. The minimum atomic E-state index is -4.53. The summed E-state index contributed by atoms with van der Waals surface area (Å²) in [5.74, 6) is 0.0855. The zero-order valence-corrected chi connectivity index (χ0v) is 12.6. The van der Waals surface area contributed by atoms with Crippen molar-refractivity contribution in [2.45, 2.75) is 50.4 Å². The van der Waals surface area contributed by atoms with Crippen LogP contribution >= 0.6 is 0 Å². The van der Waals surface area contributed by atoms with Gasteiger partial charge in [0.2, 0.25) is 0 Å². The molecule has 0 aliphatic heterocycles. The molecular formula is C16H22F3NO2. The first-order chi connectivity index (χ1) is 10.3. The molecule has 0 radical (unpaired) electrons. The van der Waals surface area contributed by atoms with E-state index in [1.807, 2.05) is 0 Å². The van der Waals surface area contributed by atoms with Crippen LogP contribution in [0.3, 0.4) is 0 Å². The molecule has 6 heteroatoms. The number of halogens is 3. The second kappa shape index (κ2) is 6.87. The van der Waals surface area contributed by atoms with E-state index in [0.717, 1.165) is 38.2 Å². The number of alkyl halides is 3. The Hall–Kier alpha value is -1.27. The molecule has 0 saturated heterocycles. The molecule has 0 heterocycles. The van der Waals surface area contributed by atoms with Gasteiger partial charge in [0.15, 0.2) is 0 Å². The van der Waals surface area contributed by atoms with E-state index in [1.165, 1.54) is 19.2 Å². The highest BCUT2D eigenvalue weighted by Crippen LogP contribution is 2.39. The number of aliphatic hydroxyl groups is 1. The molecule has 0 bridgehead atoms. The average molecular weight is 317 g/mol. The summed E-state index contributed by atoms with van der Waals surface area (Å²) in [6.45, 7) is 0. The quantitative estimate of drug-likeness (QED) is 0.891. The maximum absolute atomic E-state index is 13.2. The second-order valence-corrected chi connectivity index (χ2v) is 5.87. The Bertz CT molecular complexity index is 499. The number of nitrogens with two attached hydrogens (primary N) is 1. The third kappa shape index (κ3) is 3.73. The maximum Gasteiger partial charge on any atom is 0.416 e. The van der Waals surface area contributed by atoms with Gasteiger partial charge in [0.25, 0.3) is 0 Å². The van der Waals surface area contributed by atoms with Gasteiger partial charge in [-0.05, 0) is 36.5 Å². The van der Waals surface area contributed by atoms with Crippen LogP contribution in [-0.4, -0.2) is 18.3 Å². The van der Waals surface area contributed by atoms with Crippen molar-refractivity contribution in [2.24, 2.45) is 11.7 Å². The van der Waals surface area contributed by atoms with Crippen LogP contribution in [0.1, 0.15) is 49.3 Å². The van der Waals surface area contributed by atoms with E-state index < -0.39 is 23.9 Å². The highest BCUT2D eigenvalue weighted by atomic mass is 19.4. The van der Waals surface area contributed by atoms with Gasteiger partial charge in [-0.15, -0.1) is 0 Å². The first-order valence-corrected chi connectivity index (χ1v) is 7.53. The van der Waals surface area contributed by atoms with E-state index in [1.54, 1.807) is 0 Å². The van der Waals surface area contributed by atoms with Crippen LogP contribution in [0.15, 0.2) is 18.2 Å². The van der Waals surface area contributed by atoms with Gasteiger partial charge < -0.3 is 15.6 Å². The van der Waals surface area contributed by atoms with Crippen molar-refractivity contribution in [1.29, 1.82) is 0 Å². The molecular weight excluding hydrogens is 295 g/mol. The first kappa shape index (κ1) is 17.1. The minimum absolute atomic E-state index is 0.0352. The molecule has 1 fully saturated rings. The number of benzene rings is 1. The molecule has 2 atom stereocenters. The van der Waals surface area contributed by atoms with Gasteiger partial charge in [0, 0.05) is 0 Å². The van der Waals surface area contributed by atoms with E-state index in [0.29, 0.717) is 0 Å². The highest BCUT2D eigenvalue weighted by molar-refractivity contribution is 5.39. The third-order valence-corrected chi connectivity index (χ3v) is 4.43. The standard InChI is InChI=1S/C16H22F3NO2/c1-22-11-7-8-12(13(9-11)16(17,18)19)14(20)15(21)10-5-3-2-4-6-10/h7-10,14-15,21H,2-6,20H2,1H3/t14-,15+/m1/s1. The smallest absolute Gasteiger partial charge is 0.416 e. The van der Waals surface area contributed by atoms with Gasteiger partial charge in [-0.3, -0.25) is 0 Å². The highest BCUT2D eigenvalue weighted by Gasteiger charge is 2.38. The van der Waals surface area contributed by atoms with Gasteiger partial charge in [0.1, 0.15) is 5.75 Å². The lowest BCUT2D eigenvalue weighted by Gasteiger charge is -2.31. The summed E-state index contributed by atoms with van der Waals surface area (Å²) >= 11 is 0. The van der Waals surface area contributed by atoms with Crippen LogP contribution in [-0.2, 0) is 6.18 Å². The van der Waals surface area contributed by atoms with Gasteiger partial charge in [-0.1, -0.05) is 25.3 Å². The summed E-state index contributed by atoms with van der Waals surface area (Å²) in [6, 6.07) is 2.63. The van der Waals surface area contributed by atoms with E-state index in [-0.39, 0.29) is 17.2 Å². The normalized spacial score (nSPS) is 19.7. The number of ether oxygens (including phenoxy) is 1. The lowest BCUT2D eigenvalue weighted by molar-refractivity contribution is -0.138. The molecule has 3 nitrogen and oxygen atoms in total. The number of hydrogen-bond donors (Lipinski definition) is 2. The van der Waals surface area contributed by atoms with E-state index >= 15 is 0 Å². The zero-order valence-electron chi connectivity index (χ0n) is 12.6. The Balaban J connectivity index is 2.29. The number of methoxy groups -OCH3 is 1. The third-order valence-electron chi connectivity index (χ3n) is 4.43. The van der Waals surface area contributed by atoms with Crippen LogP contribution in [0.2, 0.25) is 0 Å². The van der Waals surface area contributed by atoms with Gasteiger partial charge in [-0.25, -0.2) is 0 Å². The Morgan fingerprint density at radius 3 is 2.41 bits per heavy atom. The summed E-state index contributed by atoms with van der Waals surface area (Å²) < 4.78 is 44.6. The summed E-state index contributed by atoms with van der Waals surface area (Å²) in [7, 11) is 1.31. The molecule has 3 N–H and O–H groups in total. The fourth-order valence-corrected chi connectivity index (χ4v) is 3.15. The molecule has 0 spiro atoms. The van der Waals surface area contributed by atoms with Crippen LogP contribution < -0.4 is 10.5 Å². The largest absolute Gasteiger partial charge is 0.497 e. The fourth-order valence-electron chi connectivity index (χ4n) is 3.15. The summed E-state index contributed by atoms with van der Waals surface area (Å²) in [5, 5.41) is 10.4. The van der Waals surface area contributed by atoms with Crippen molar-refractivity contribution in [3.05, 3.63) is 29.3 Å². The molecule has 2 rings (SSSR count). The molecule has 0 aromatic heterocycles. The van der Waals surface area contributed by atoms with Crippen LogP contribution in [0, 0.1) is 5.92 Å². The minimum Gasteiger partial charge on any atom is -0.497 e. The molecule has 0 unspecified atom stereocenters. The Morgan fingerprint density at radius 2 is 1.86 bits per heavy atom. The van der Waals surface area contributed by atoms with E-state index in [4.69, 9.17) is 10.5 Å². The predicted octanol–water partition coefficient (Wildman–Crippen LogP) is 3.66. The van der Waals surface area contributed by atoms with Crippen LogP contribution in [0.5, 0.6) is 5.75 Å². The van der Waals surface area contributed by atoms with Crippen LogP contribution in [0.25, 0.3) is 0 Å². The van der Waals surface area contributed by atoms with Crippen molar-refractivity contribution < 1.29 is 23.0 Å². The van der Waals surface area contributed by atoms with E-state index in [2.05, 4.69) is 0 Å². The summed E-state index contributed by atoms with van der Waals surface area (Å²) in [4.78, 5) is 0. The maximum atomic E-state index is 13.2. The Kier molecular flexibility index (Phi) is 5.34. The van der Waals surface area contributed by atoms with Crippen molar-refractivity contribution >= 4 is 0 Å². The fraction of sp³-hybridized carbons (Fsp3) is 0.625. The number of rotatable bonds is 4. The first-order valence-electron chi connectivity index (χ1n) is 7.53. The van der Waals surface area contributed by atoms with Crippen molar-refractivity contribution in [3.8, 4) is 5.75 Å². The number of hydrogen-bond acceptors (Lipinski definition) is 3. The van der Waals surface area contributed by atoms with Crippen molar-refractivity contribution in [3.63, 3.8) is 0 Å². The van der Waals surface area contributed by atoms with Crippen molar-refractivity contribution in [1.82, 2.24) is 0 Å². The topological polar surface area (TPSA) is 55.5 Å². The zero-order chi connectivity index (χ0) is 16.3. The molecule has 1 aromatic carbocycles. The number of aliphatic hydroxyl groups excluding tert-OH is 1. The molecule has 1 aliphatic rings. The van der Waals surface area contributed by atoms with Gasteiger partial charge >= 0.3 is 6.18 Å². The molecule has 124 valence electrons. The summed E-state index contributed by atoms with van der Waals surface area (Å²) in [6.07, 6.45) is -0.789. The summed E-state index contributed by atoms with van der Waals surface area (Å²) in [5.41, 5.74) is 5.05. The average Bonchev–Trinajstić information content (AvgIpc) is 2.53. The Labute approximate surface area is 128 Å².